The zero-order valence-electron chi connectivity index (χ0n) is 12.3. The molecule has 21 heavy (non-hydrogen) atoms. The SMILES string of the molecule is COc1cccc(OC)c1C(O)CCOc1ccccc1. The van der Waals surface area contributed by atoms with Crippen LogP contribution in [-0.2, 0) is 0 Å². The van der Waals surface area contributed by atoms with E-state index in [0.717, 1.165) is 5.75 Å². The Morgan fingerprint density at radius 1 is 0.905 bits per heavy atom. The highest BCUT2D eigenvalue weighted by Gasteiger charge is 2.18. The van der Waals surface area contributed by atoms with Gasteiger partial charge >= 0.3 is 0 Å². The molecule has 0 aliphatic carbocycles. The number of hydrogen-bond acceptors (Lipinski definition) is 4. The highest BCUT2D eigenvalue weighted by Crippen LogP contribution is 2.35. The summed E-state index contributed by atoms with van der Waals surface area (Å²) in [5.74, 6) is 2.01. The monoisotopic (exact) mass is 288 g/mol. The predicted molar refractivity (Wildman–Crippen MR) is 81.1 cm³/mol. The van der Waals surface area contributed by atoms with Gasteiger partial charge in [-0.1, -0.05) is 24.3 Å². The Morgan fingerprint density at radius 2 is 1.52 bits per heavy atom. The van der Waals surface area contributed by atoms with Crippen molar-refractivity contribution in [2.45, 2.75) is 12.5 Å². The van der Waals surface area contributed by atoms with Gasteiger partial charge in [0.25, 0.3) is 0 Å². The minimum absolute atomic E-state index is 0.409. The van der Waals surface area contributed by atoms with Crippen molar-refractivity contribution in [2.75, 3.05) is 20.8 Å². The molecule has 0 saturated carbocycles. The second-order valence-electron chi connectivity index (χ2n) is 4.54. The smallest absolute Gasteiger partial charge is 0.128 e. The van der Waals surface area contributed by atoms with E-state index in [9.17, 15) is 5.11 Å². The zero-order chi connectivity index (χ0) is 15.1. The van der Waals surface area contributed by atoms with E-state index in [1.54, 1.807) is 26.4 Å². The van der Waals surface area contributed by atoms with Crippen LogP contribution in [0.3, 0.4) is 0 Å². The molecule has 1 atom stereocenters. The highest BCUT2D eigenvalue weighted by molar-refractivity contribution is 5.46. The molecule has 0 spiro atoms. The van der Waals surface area contributed by atoms with Crippen LogP contribution in [0.4, 0.5) is 0 Å². The van der Waals surface area contributed by atoms with Gasteiger partial charge in [-0.25, -0.2) is 0 Å². The third-order valence-corrected chi connectivity index (χ3v) is 3.20. The average molecular weight is 288 g/mol. The number of aliphatic hydroxyl groups is 1. The summed E-state index contributed by atoms with van der Waals surface area (Å²) in [6, 6.07) is 15.0. The number of para-hydroxylation sites is 1. The number of rotatable bonds is 7. The molecule has 0 aliphatic heterocycles. The van der Waals surface area contributed by atoms with Crippen molar-refractivity contribution in [2.24, 2.45) is 0 Å². The van der Waals surface area contributed by atoms with Crippen LogP contribution in [0.1, 0.15) is 18.1 Å². The van der Waals surface area contributed by atoms with Gasteiger partial charge in [0.2, 0.25) is 0 Å². The molecule has 1 unspecified atom stereocenters. The van der Waals surface area contributed by atoms with Crippen molar-refractivity contribution in [1.82, 2.24) is 0 Å². The van der Waals surface area contributed by atoms with Gasteiger partial charge in [-0.2, -0.15) is 0 Å². The number of aliphatic hydroxyl groups excluding tert-OH is 1. The lowest BCUT2D eigenvalue weighted by Crippen LogP contribution is -2.08. The van der Waals surface area contributed by atoms with Gasteiger partial charge < -0.3 is 19.3 Å². The van der Waals surface area contributed by atoms with Gasteiger partial charge in [-0.3, -0.25) is 0 Å². The normalized spacial score (nSPS) is 11.8. The van der Waals surface area contributed by atoms with Crippen molar-refractivity contribution < 1.29 is 19.3 Å². The first kappa shape index (κ1) is 15.2. The largest absolute Gasteiger partial charge is 0.496 e. The lowest BCUT2D eigenvalue weighted by atomic mass is 10.0. The van der Waals surface area contributed by atoms with Crippen molar-refractivity contribution in [3.63, 3.8) is 0 Å². The van der Waals surface area contributed by atoms with Gasteiger partial charge in [0, 0.05) is 6.42 Å². The van der Waals surface area contributed by atoms with E-state index in [4.69, 9.17) is 14.2 Å². The van der Waals surface area contributed by atoms with Crippen LogP contribution in [0.2, 0.25) is 0 Å². The molecule has 0 aliphatic rings. The standard InChI is InChI=1S/C17H20O4/c1-19-15-9-6-10-16(20-2)17(15)14(18)11-12-21-13-7-4-3-5-8-13/h3-10,14,18H,11-12H2,1-2H3. The molecule has 0 amide bonds. The fourth-order valence-corrected chi connectivity index (χ4v) is 2.16. The Labute approximate surface area is 124 Å². The molecule has 2 aromatic rings. The quantitative estimate of drug-likeness (QED) is 0.850. The van der Waals surface area contributed by atoms with Crippen LogP contribution in [0.5, 0.6) is 17.2 Å². The maximum atomic E-state index is 10.4. The van der Waals surface area contributed by atoms with Crippen LogP contribution in [0.25, 0.3) is 0 Å². The molecular formula is C17H20O4. The van der Waals surface area contributed by atoms with Crippen LogP contribution in [0.15, 0.2) is 48.5 Å². The summed E-state index contributed by atoms with van der Waals surface area (Å²) in [4.78, 5) is 0. The van der Waals surface area contributed by atoms with Crippen molar-refractivity contribution in [1.29, 1.82) is 0 Å². The van der Waals surface area contributed by atoms with Gasteiger partial charge in [-0.15, -0.1) is 0 Å². The van der Waals surface area contributed by atoms with E-state index in [1.165, 1.54) is 0 Å². The Morgan fingerprint density at radius 3 is 2.10 bits per heavy atom. The van der Waals surface area contributed by atoms with E-state index < -0.39 is 6.10 Å². The zero-order valence-corrected chi connectivity index (χ0v) is 12.3. The molecule has 0 heterocycles. The highest BCUT2D eigenvalue weighted by atomic mass is 16.5. The van der Waals surface area contributed by atoms with Crippen molar-refractivity contribution in [3.8, 4) is 17.2 Å². The number of ether oxygens (including phenoxy) is 3. The van der Waals surface area contributed by atoms with Crippen molar-refractivity contribution >= 4 is 0 Å². The first-order valence-corrected chi connectivity index (χ1v) is 6.83. The second kappa shape index (κ2) is 7.55. The predicted octanol–water partition coefficient (Wildman–Crippen LogP) is 3.21. The molecule has 4 heteroatoms. The Kier molecular flexibility index (Phi) is 5.46. The third kappa shape index (κ3) is 3.89. The van der Waals surface area contributed by atoms with Gasteiger partial charge in [0.05, 0.1) is 32.5 Å². The fourth-order valence-electron chi connectivity index (χ4n) is 2.16. The van der Waals surface area contributed by atoms with E-state index in [0.29, 0.717) is 30.1 Å². The topological polar surface area (TPSA) is 47.9 Å². The van der Waals surface area contributed by atoms with Crippen LogP contribution in [0, 0.1) is 0 Å². The van der Waals surface area contributed by atoms with Crippen LogP contribution >= 0.6 is 0 Å². The summed E-state index contributed by atoms with van der Waals surface area (Å²) >= 11 is 0. The van der Waals surface area contributed by atoms with E-state index >= 15 is 0 Å². The van der Waals surface area contributed by atoms with E-state index in [1.807, 2.05) is 36.4 Å². The van der Waals surface area contributed by atoms with Gasteiger partial charge in [0.1, 0.15) is 17.2 Å². The molecule has 0 bridgehead atoms. The maximum absolute atomic E-state index is 10.4. The van der Waals surface area contributed by atoms with Gasteiger partial charge in [0.15, 0.2) is 0 Å². The third-order valence-electron chi connectivity index (χ3n) is 3.20. The molecule has 4 nitrogen and oxygen atoms in total. The molecule has 0 saturated heterocycles. The number of methoxy groups -OCH3 is 2. The van der Waals surface area contributed by atoms with Crippen LogP contribution < -0.4 is 14.2 Å². The lowest BCUT2D eigenvalue weighted by Gasteiger charge is -2.18. The summed E-state index contributed by atoms with van der Waals surface area (Å²) in [6.45, 7) is 0.409. The fraction of sp³-hybridized carbons (Fsp3) is 0.294. The van der Waals surface area contributed by atoms with Gasteiger partial charge in [-0.05, 0) is 24.3 Å². The molecule has 2 aromatic carbocycles. The van der Waals surface area contributed by atoms with Crippen molar-refractivity contribution in [3.05, 3.63) is 54.1 Å². The van der Waals surface area contributed by atoms with E-state index in [-0.39, 0.29) is 0 Å². The molecule has 0 aromatic heterocycles. The Hall–Kier alpha value is -2.20. The molecule has 0 fully saturated rings. The first-order chi connectivity index (χ1) is 10.3. The lowest BCUT2D eigenvalue weighted by molar-refractivity contribution is 0.134. The second-order valence-corrected chi connectivity index (χ2v) is 4.54. The van der Waals surface area contributed by atoms with E-state index in [2.05, 4.69) is 0 Å². The Bertz CT molecular complexity index is 532. The minimum atomic E-state index is -0.709. The summed E-state index contributed by atoms with van der Waals surface area (Å²) in [7, 11) is 3.15. The Balaban J connectivity index is 2.01. The summed E-state index contributed by atoms with van der Waals surface area (Å²) in [5.41, 5.74) is 0.652. The molecule has 2 rings (SSSR count). The number of hydrogen-bond donors (Lipinski definition) is 1. The summed E-state index contributed by atoms with van der Waals surface area (Å²) < 4.78 is 16.2. The maximum Gasteiger partial charge on any atom is 0.128 e. The molecular weight excluding hydrogens is 268 g/mol. The molecule has 1 N–H and O–H groups in total. The molecule has 112 valence electrons. The summed E-state index contributed by atoms with van der Waals surface area (Å²) in [6.07, 6.45) is -0.258. The average Bonchev–Trinajstić information content (AvgIpc) is 2.54. The minimum Gasteiger partial charge on any atom is -0.496 e. The first-order valence-electron chi connectivity index (χ1n) is 6.83. The molecule has 0 radical (unpaired) electrons. The summed E-state index contributed by atoms with van der Waals surface area (Å²) in [5, 5.41) is 10.4. The van der Waals surface area contributed by atoms with Crippen LogP contribution in [-0.4, -0.2) is 25.9 Å². The number of benzene rings is 2.